The van der Waals surface area contributed by atoms with E-state index in [1.54, 1.807) is 0 Å². The Hall–Kier alpha value is -1.22. The lowest BCUT2D eigenvalue weighted by molar-refractivity contribution is 0.213. The molecule has 1 aromatic rings. The lowest BCUT2D eigenvalue weighted by Gasteiger charge is -2.34. The molecule has 0 aliphatic carbocycles. The molecule has 1 aromatic carbocycles. The number of hydrogen-bond donors (Lipinski definition) is 1. The Kier molecular flexibility index (Phi) is 2.59. The highest BCUT2D eigenvalue weighted by Gasteiger charge is 2.21. The van der Waals surface area contributed by atoms with Gasteiger partial charge in [-0.3, -0.25) is 0 Å². The van der Waals surface area contributed by atoms with Crippen LogP contribution in [-0.2, 0) is 0 Å². The maximum absolute atomic E-state index is 5.73. The van der Waals surface area contributed by atoms with E-state index in [1.807, 2.05) is 18.2 Å². The topological polar surface area (TPSA) is 38.5 Å². The molecule has 0 amide bonds. The van der Waals surface area contributed by atoms with E-state index in [9.17, 15) is 0 Å². The van der Waals surface area contributed by atoms with E-state index in [2.05, 4.69) is 17.9 Å². The van der Waals surface area contributed by atoms with E-state index in [4.69, 9.17) is 10.5 Å². The molecule has 0 spiro atoms. The maximum atomic E-state index is 5.73. The van der Waals surface area contributed by atoms with Crippen molar-refractivity contribution in [1.29, 1.82) is 0 Å². The number of nitrogens with two attached hydrogens (primary N) is 1. The molecule has 0 fully saturated rings. The fourth-order valence-electron chi connectivity index (χ4n) is 1.85. The third kappa shape index (κ3) is 1.68. The summed E-state index contributed by atoms with van der Waals surface area (Å²) in [5, 5.41) is 0. The third-order valence-corrected chi connectivity index (χ3v) is 2.41. The van der Waals surface area contributed by atoms with Gasteiger partial charge in [0.2, 0.25) is 0 Å². The Morgan fingerprint density at radius 2 is 2.29 bits per heavy atom. The molecule has 0 saturated carbocycles. The van der Waals surface area contributed by atoms with Crippen LogP contribution in [0.1, 0.15) is 6.92 Å². The summed E-state index contributed by atoms with van der Waals surface area (Å²) in [7, 11) is 0. The first-order valence-corrected chi connectivity index (χ1v) is 5.02. The summed E-state index contributed by atoms with van der Waals surface area (Å²) >= 11 is 0. The molecule has 2 rings (SSSR count). The van der Waals surface area contributed by atoms with Crippen LogP contribution in [0.5, 0.6) is 5.75 Å². The van der Waals surface area contributed by atoms with Gasteiger partial charge in [0.15, 0.2) is 0 Å². The molecular formula is C11H16N2O. The average Bonchev–Trinajstić information content (AvgIpc) is 2.18. The summed E-state index contributed by atoms with van der Waals surface area (Å²) in [6, 6.07) is 8.12. The predicted octanol–water partition coefficient (Wildman–Crippen LogP) is 1.23. The Balaban J connectivity index is 2.28. The first-order valence-electron chi connectivity index (χ1n) is 5.02. The molecule has 0 radical (unpaired) electrons. The molecule has 0 aromatic heterocycles. The Labute approximate surface area is 84.5 Å². The minimum atomic E-state index is 0.247. The second kappa shape index (κ2) is 3.88. The molecule has 0 saturated heterocycles. The van der Waals surface area contributed by atoms with Gasteiger partial charge in [0.1, 0.15) is 11.9 Å². The van der Waals surface area contributed by atoms with Crippen molar-refractivity contribution in [3.05, 3.63) is 24.3 Å². The number of benzene rings is 1. The van der Waals surface area contributed by atoms with Gasteiger partial charge >= 0.3 is 0 Å². The van der Waals surface area contributed by atoms with Crippen molar-refractivity contribution in [2.75, 3.05) is 24.5 Å². The monoisotopic (exact) mass is 192 g/mol. The van der Waals surface area contributed by atoms with Crippen LogP contribution in [0.2, 0.25) is 0 Å². The SMILES string of the molecule is CC1CN(CCN)c2ccccc2O1. The van der Waals surface area contributed by atoms with Crippen molar-refractivity contribution in [2.24, 2.45) is 5.73 Å². The van der Waals surface area contributed by atoms with Gasteiger partial charge in [-0.15, -0.1) is 0 Å². The van der Waals surface area contributed by atoms with Gasteiger partial charge in [0.25, 0.3) is 0 Å². The summed E-state index contributed by atoms with van der Waals surface area (Å²) in [4.78, 5) is 2.28. The third-order valence-electron chi connectivity index (χ3n) is 2.41. The normalized spacial score (nSPS) is 20.1. The molecular weight excluding hydrogens is 176 g/mol. The van der Waals surface area contributed by atoms with Crippen LogP contribution >= 0.6 is 0 Å². The summed E-state index contributed by atoms with van der Waals surface area (Å²) in [5.74, 6) is 0.972. The van der Waals surface area contributed by atoms with Crippen LogP contribution in [0.25, 0.3) is 0 Å². The highest BCUT2D eigenvalue weighted by Crippen LogP contribution is 2.32. The molecule has 1 unspecified atom stereocenters. The summed E-state index contributed by atoms with van der Waals surface area (Å²) in [6.07, 6.45) is 0.247. The minimum Gasteiger partial charge on any atom is -0.487 e. The zero-order valence-electron chi connectivity index (χ0n) is 8.44. The fourth-order valence-corrected chi connectivity index (χ4v) is 1.85. The van der Waals surface area contributed by atoms with Crippen molar-refractivity contribution >= 4 is 5.69 Å². The quantitative estimate of drug-likeness (QED) is 0.766. The lowest BCUT2D eigenvalue weighted by Crippen LogP contribution is -2.40. The number of para-hydroxylation sites is 2. The van der Waals surface area contributed by atoms with Gasteiger partial charge in [-0.25, -0.2) is 0 Å². The smallest absolute Gasteiger partial charge is 0.143 e. The molecule has 1 atom stereocenters. The van der Waals surface area contributed by atoms with Gasteiger partial charge in [0, 0.05) is 13.1 Å². The van der Waals surface area contributed by atoms with Crippen LogP contribution in [0.15, 0.2) is 24.3 Å². The second-order valence-corrected chi connectivity index (χ2v) is 3.63. The van der Waals surface area contributed by atoms with E-state index < -0.39 is 0 Å². The fraction of sp³-hybridized carbons (Fsp3) is 0.455. The molecule has 2 N–H and O–H groups in total. The summed E-state index contributed by atoms with van der Waals surface area (Å²) < 4.78 is 5.73. The first kappa shape index (κ1) is 9.34. The van der Waals surface area contributed by atoms with E-state index >= 15 is 0 Å². The number of fused-ring (bicyclic) bond motifs is 1. The van der Waals surface area contributed by atoms with Crippen molar-refractivity contribution in [1.82, 2.24) is 0 Å². The Bertz CT molecular complexity index is 314. The number of anilines is 1. The Morgan fingerprint density at radius 1 is 1.50 bits per heavy atom. The van der Waals surface area contributed by atoms with Crippen LogP contribution in [0.3, 0.4) is 0 Å². The van der Waals surface area contributed by atoms with Gasteiger partial charge in [0.05, 0.1) is 12.2 Å². The minimum absolute atomic E-state index is 0.247. The molecule has 1 aliphatic heterocycles. The van der Waals surface area contributed by atoms with E-state index in [-0.39, 0.29) is 6.10 Å². The molecule has 76 valence electrons. The summed E-state index contributed by atoms with van der Waals surface area (Å²) in [5.41, 5.74) is 6.74. The first-order chi connectivity index (χ1) is 6.81. The van der Waals surface area contributed by atoms with Crippen LogP contribution in [0, 0.1) is 0 Å². The highest BCUT2D eigenvalue weighted by molar-refractivity contribution is 5.60. The summed E-state index contributed by atoms with van der Waals surface area (Å²) in [6.45, 7) is 4.58. The molecule has 3 nitrogen and oxygen atoms in total. The second-order valence-electron chi connectivity index (χ2n) is 3.63. The van der Waals surface area contributed by atoms with E-state index in [0.29, 0.717) is 6.54 Å². The Morgan fingerprint density at radius 3 is 3.07 bits per heavy atom. The maximum Gasteiger partial charge on any atom is 0.143 e. The number of hydrogen-bond acceptors (Lipinski definition) is 3. The number of rotatable bonds is 2. The van der Waals surface area contributed by atoms with E-state index in [1.165, 1.54) is 0 Å². The lowest BCUT2D eigenvalue weighted by atomic mass is 10.2. The molecule has 0 bridgehead atoms. The van der Waals surface area contributed by atoms with Crippen LogP contribution in [0.4, 0.5) is 5.69 Å². The van der Waals surface area contributed by atoms with Crippen molar-refractivity contribution < 1.29 is 4.74 Å². The zero-order valence-corrected chi connectivity index (χ0v) is 8.44. The van der Waals surface area contributed by atoms with Gasteiger partial charge in [-0.2, -0.15) is 0 Å². The van der Waals surface area contributed by atoms with Crippen LogP contribution < -0.4 is 15.4 Å². The van der Waals surface area contributed by atoms with Crippen molar-refractivity contribution in [2.45, 2.75) is 13.0 Å². The average molecular weight is 192 g/mol. The predicted molar refractivity (Wildman–Crippen MR) is 57.8 cm³/mol. The number of nitrogens with zero attached hydrogens (tertiary/aromatic N) is 1. The van der Waals surface area contributed by atoms with Gasteiger partial charge < -0.3 is 15.4 Å². The molecule has 14 heavy (non-hydrogen) atoms. The molecule has 1 aliphatic rings. The molecule has 3 heteroatoms. The van der Waals surface area contributed by atoms with Crippen LogP contribution in [-0.4, -0.2) is 25.7 Å². The zero-order chi connectivity index (χ0) is 9.97. The van der Waals surface area contributed by atoms with Crippen molar-refractivity contribution in [3.8, 4) is 5.75 Å². The van der Waals surface area contributed by atoms with Gasteiger partial charge in [-0.05, 0) is 19.1 Å². The van der Waals surface area contributed by atoms with E-state index in [0.717, 1.165) is 24.5 Å². The highest BCUT2D eigenvalue weighted by atomic mass is 16.5. The number of ether oxygens (including phenoxy) is 1. The molecule has 1 heterocycles. The van der Waals surface area contributed by atoms with Crippen molar-refractivity contribution in [3.63, 3.8) is 0 Å². The largest absolute Gasteiger partial charge is 0.487 e. The van der Waals surface area contributed by atoms with Gasteiger partial charge in [-0.1, -0.05) is 12.1 Å². The standard InChI is InChI=1S/C11H16N2O/c1-9-8-13(7-6-12)10-4-2-3-5-11(10)14-9/h2-5,9H,6-8,12H2,1H3.